The third kappa shape index (κ3) is 6.09. The fraction of sp³-hybridized carbons (Fsp3) is 0.250. The maximum atomic E-state index is 13.9. The Morgan fingerprint density at radius 2 is 1.57 bits per heavy atom. The number of hydrogen-bond acceptors (Lipinski definition) is 5. The molecule has 3 N–H and O–H groups in total. The van der Waals surface area contributed by atoms with Crippen LogP contribution in [0, 0.1) is 15.9 Å². The SMILES string of the molecule is CC(=O)N[C@@H](Cc1ccccc1F)C(=O)N[C@@H](Cc1ccccc1[N+](=O)[O-])C(=O)O. The van der Waals surface area contributed by atoms with Crippen molar-refractivity contribution in [3.8, 4) is 0 Å². The molecule has 2 rings (SSSR count). The number of halogens is 1. The fourth-order valence-electron chi connectivity index (χ4n) is 2.89. The van der Waals surface area contributed by atoms with Crippen LogP contribution in [0.3, 0.4) is 0 Å². The number of nitrogens with one attached hydrogen (secondary N) is 2. The molecule has 0 fully saturated rings. The third-order valence-corrected chi connectivity index (χ3v) is 4.30. The van der Waals surface area contributed by atoms with E-state index in [1.165, 1.54) is 49.4 Å². The van der Waals surface area contributed by atoms with Crippen LogP contribution in [0.5, 0.6) is 0 Å². The lowest BCUT2D eigenvalue weighted by molar-refractivity contribution is -0.385. The topological polar surface area (TPSA) is 139 Å². The molecule has 9 nitrogen and oxygen atoms in total. The molecule has 158 valence electrons. The van der Waals surface area contributed by atoms with Crippen molar-refractivity contribution in [1.82, 2.24) is 10.6 Å². The first-order valence-corrected chi connectivity index (χ1v) is 8.95. The van der Waals surface area contributed by atoms with Crippen LogP contribution in [0.25, 0.3) is 0 Å². The summed E-state index contributed by atoms with van der Waals surface area (Å²) < 4.78 is 13.9. The summed E-state index contributed by atoms with van der Waals surface area (Å²) in [5, 5.41) is 25.3. The molecule has 0 saturated heterocycles. The van der Waals surface area contributed by atoms with Crippen molar-refractivity contribution in [2.24, 2.45) is 0 Å². The lowest BCUT2D eigenvalue weighted by Gasteiger charge is -2.21. The van der Waals surface area contributed by atoms with Gasteiger partial charge >= 0.3 is 5.97 Å². The van der Waals surface area contributed by atoms with Gasteiger partial charge in [0, 0.05) is 31.4 Å². The van der Waals surface area contributed by atoms with E-state index in [4.69, 9.17) is 0 Å². The monoisotopic (exact) mass is 417 g/mol. The van der Waals surface area contributed by atoms with Crippen molar-refractivity contribution in [3.63, 3.8) is 0 Å². The maximum Gasteiger partial charge on any atom is 0.326 e. The van der Waals surface area contributed by atoms with E-state index in [2.05, 4.69) is 10.6 Å². The number of para-hydroxylation sites is 1. The Morgan fingerprint density at radius 1 is 1.00 bits per heavy atom. The first kappa shape index (κ1) is 22.5. The summed E-state index contributed by atoms with van der Waals surface area (Å²) in [5.74, 6) is -3.39. The van der Waals surface area contributed by atoms with Crippen molar-refractivity contribution in [1.29, 1.82) is 0 Å². The zero-order valence-electron chi connectivity index (χ0n) is 16.0. The molecule has 0 heterocycles. The molecule has 0 aliphatic heterocycles. The second-order valence-corrected chi connectivity index (χ2v) is 6.54. The van der Waals surface area contributed by atoms with E-state index in [-0.39, 0.29) is 29.7 Å². The average Bonchev–Trinajstić information content (AvgIpc) is 2.68. The quantitative estimate of drug-likeness (QED) is 0.418. The van der Waals surface area contributed by atoms with Gasteiger partial charge in [0.05, 0.1) is 4.92 Å². The number of nitro benzene ring substituents is 1. The summed E-state index contributed by atoms with van der Waals surface area (Å²) in [6.07, 6.45) is -0.541. The highest BCUT2D eigenvalue weighted by molar-refractivity contribution is 5.90. The zero-order valence-corrected chi connectivity index (χ0v) is 16.0. The fourth-order valence-corrected chi connectivity index (χ4v) is 2.89. The highest BCUT2D eigenvalue weighted by Crippen LogP contribution is 2.19. The van der Waals surface area contributed by atoms with Gasteiger partial charge in [0.25, 0.3) is 5.69 Å². The number of hydrogen-bond donors (Lipinski definition) is 3. The van der Waals surface area contributed by atoms with Crippen molar-refractivity contribution in [3.05, 3.63) is 75.6 Å². The van der Waals surface area contributed by atoms with Crippen LogP contribution in [0.15, 0.2) is 48.5 Å². The Hall–Kier alpha value is -3.82. The number of nitrogens with zero attached hydrogens (tertiary/aromatic N) is 1. The van der Waals surface area contributed by atoms with Crippen LogP contribution in [0.1, 0.15) is 18.1 Å². The molecule has 0 radical (unpaired) electrons. The number of nitro groups is 1. The average molecular weight is 417 g/mol. The maximum absolute atomic E-state index is 13.9. The van der Waals surface area contributed by atoms with Crippen molar-refractivity contribution in [2.75, 3.05) is 0 Å². The third-order valence-electron chi connectivity index (χ3n) is 4.30. The van der Waals surface area contributed by atoms with Gasteiger partial charge in [-0.25, -0.2) is 9.18 Å². The Labute approximate surface area is 171 Å². The normalized spacial score (nSPS) is 12.5. The standard InChI is InChI=1S/C20H20FN3O6/c1-12(25)22-16(10-13-6-2-4-8-15(13)21)19(26)23-17(20(27)28)11-14-7-3-5-9-18(14)24(29)30/h2-9,16-17H,10-11H2,1H3,(H,22,25)(H,23,26)(H,27,28)/t16-,17-/m0/s1. The van der Waals surface area contributed by atoms with Crippen LogP contribution in [0.4, 0.5) is 10.1 Å². The predicted molar refractivity (Wildman–Crippen MR) is 104 cm³/mol. The van der Waals surface area contributed by atoms with E-state index in [0.717, 1.165) is 0 Å². The molecule has 0 aliphatic rings. The van der Waals surface area contributed by atoms with Crippen LogP contribution in [-0.4, -0.2) is 39.9 Å². The van der Waals surface area contributed by atoms with Gasteiger partial charge in [-0.3, -0.25) is 19.7 Å². The number of carbonyl (C=O) groups is 3. The molecular formula is C20H20FN3O6. The molecule has 10 heteroatoms. The van der Waals surface area contributed by atoms with Crippen LogP contribution in [0.2, 0.25) is 0 Å². The van der Waals surface area contributed by atoms with Crippen LogP contribution < -0.4 is 10.6 Å². The van der Waals surface area contributed by atoms with E-state index in [1.807, 2.05) is 0 Å². The molecule has 2 aromatic carbocycles. The van der Waals surface area contributed by atoms with E-state index in [9.17, 15) is 34.0 Å². The molecular weight excluding hydrogens is 397 g/mol. The summed E-state index contributed by atoms with van der Waals surface area (Å²) in [6, 6.07) is 8.54. The van der Waals surface area contributed by atoms with Crippen LogP contribution >= 0.6 is 0 Å². The highest BCUT2D eigenvalue weighted by atomic mass is 19.1. The Kier molecular flexibility index (Phi) is 7.56. The van der Waals surface area contributed by atoms with E-state index < -0.39 is 40.6 Å². The van der Waals surface area contributed by atoms with Gasteiger partial charge in [-0.2, -0.15) is 0 Å². The van der Waals surface area contributed by atoms with Gasteiger partial charge in [0.15, 0.2) is 0 Å². The van der Waals surface area contributed by atoms with Gasteiger partial charge in [-0.05, 0) is 11.6 Å². The Bertz CT molecular complexity index is 965. The smallest absolute Gasteiger partial charge is 0.326 e. The van der Waals surface area contributed by atoms with E-state index in [1.54, 1.807) is 6.07 Å². The number of carboxylic acids is 1. The van der Waals surface area contributed by atoms with E-state index >= 15 is 0 Å². The minimum Gasteiger partial charge on any atom is -0.480 e. The summed E-state index contributed by atoms with van der Waals surface area (Å²) >= 11 is 0. The molecule has 0 unspecified atom stereocenters. The highest BCUT2D eigenvalue weighted by Gasteiger charge is 2.28. The summed E-state index contributed by atoms with van der Waals surface area (Å²) in [4.78, 5) is 46.3. The van der Waals surface area contributed by atoms with E-state index in [0.29, 0.717) is 0 Å². The van der Waals surface area contributed by atoms with Gasteiger partial charge < -0.3 is 15.7 Å². The number of amides is 2. The minimum atomic E-state index is -1.49. The van der Waals surface area contributed by atoms with Gasteiger partial charge in [-0.15, -0.1) is 0 Å². The van der Waals surface area contributed by atoms with Crippen LogP contribution in [-0.2, 0) is 27.2 Å². The molecule has 0 spiro atoms. The van der Waals surface area contributed by atoms with Crippen molar-refractivity contribution >= 4 is 23.5 Å². The van der Waals surface area contributed by atoms with Gasteiger partial charge in [0.2, 0.25) is 11.8 Å². The summed E-state index contributed by atoms with van der Waals surface area (Å²) in [5.41, 5.74) is 0.0140. The Morgan fingerprint density at radius 3 is 2.13 bits per heavy atom. The largest absolute Gasteiger partial charge is 0.480 e. The number of aliphatic carboxylic acids is 1. The lowest BCUT2D eigenvalue weighted by atomic mass is 10.0. The number of benzene rings is 2. The molecule has 0 saturated carbocycles. The Balaban J connectivity index is 2.22. The molecule has 0 aromatic heterocycles. The number of carbonyl (C=O) groups excluding carboxylic acids is 2. The summed E-state index contributed by atoms with van der Waals surface area (Å²) in [6.45, 7) is 1.17. The van der Waals surface area contributed by atoms with Gasteiger partial charge in [0.1, 0.15) is 17.9 Å². The number of rotatable bonds is 9. The number of carboxylic acid groups (broad SMARTS) is 1. The zero-order chi connectivity index (χ0) is 22.3. The predicted octanol–water partition coefficient (Wildman–Crippen LogP) is 1.59. The first-order chi connectivity index (χ1) is 14.2. The van der Waals surface area contributed by atoms with Crippen molar-refractivity contribution < 1.29 is 28.8 Å². The molecule has 2 atom stereocenters. The second kappa shape index (κ2) is 10.1. The molecule has 30 heavy (non-hydrogen) atoms. The first-order valence-electron chi connectivity index (χ1n) is 8.95. The van der Waals surface area contributed by atoms with Crippen molar-refractivity contribution in [2.45, 2.75) is 31.8 Å². The van der Waals surface area contributed by atoms with Gasteiger partial charge in [-0.1, -0.05) is 36.4 Å². The lowest BCUT2D eigenvalue weighted by Crippen LogP contribution is -2.52. The molecule has 0 bridgehead atoms. The minimum absolute atomic E-state index is 0.125. The molecule has 2 aromatic rings. The summed E-state index contributed by atoms with van der Waals surface area (Å²) in [7, 11) is 0. The molecule has 0 aliphatic carbocycles. The second-order valence-electron chi connectivity index (χ2n) is 6.54. The molecule has 2 amide bonds.